The fourth-order valence-corrected chi connectivity index (χ4v) is 1.58. The summed E-state index contributed by atoms with van der Waals surface area (Å²) in [4.78, 5) is 22.4. The lowest BCUT2D eigenvalue weighted by Gasteiger charge is -2.13. The number of benzene rings is 1. The Morgan fingerprint density at radius 2 is 2.05 bits per heavy atom. The van der Waals surface area contributed by atoms with Gasteiger partial charge in [-0.15, -0.1) is 0 Å². The average Bonchev–Trinajstić information content (AvgIpc) is 2.37. The van der Waals surface area contributed by atoms with Crippen molar-refractivity contribution in [2.45, 2.75) is 18.9 Å². The molecule has 0 aliphatic heterocycles. The monoisotopic (exact) mass is 267 g/mol. The normalized spacial score (nSPS) is 11.8. The molecular weight excluding hydrogens is 250 g/mol. The van der Waals surface area contributed by atoms with Crippen molar-refractivity contribution in [2.75, 3.05) is 13.7 Å². The number of phenolic OH excluding ortho intramolecular Hbond substituents is 1. The van der Waals surface area contributed by atoms with Gasteiger partial charge in [0, 0.05) is 13.5 Å². The summed E-state index contributed by atoms with van der Waals surface area (Å²) >= 11 is 0. The first-order chi connectivity index (χ1) is 9.04. The Hall–Kier alpha value is -2.08. The number of carboxylic acid groups (broad SMARTS) is 1. The Kier molecular flexibility index (Phi) is 5.81. The van der Waals surface area contributed by atoms with Crippen LogP contribution in [-0.4, -0.2) is 41.8 Å². The molecule has 0 aliphatic carbocycles. The number of phenols is 1. The molecule has 6 heteroatoms. The van der Waals surface area contributed by atoms with E-state index in [1.807, 2.05) is 0 Å². The minimum Gasteiger partial charge on any atom is -0.508 e. The number of rotatable bonds is 7. The highest BCUT2D eigenvalue weighted by atomic mass is 16.5. The van der Waals surface area contributed by atoms with Crippen LogP contribution in [0, 0.1) is 0 Å². The molecule has 0 aliphatic rings. The van der Waals surface area contributed by atoms with Gasteiger partial charge in [0.1, 0.15) is 5.75 Å². The van der Waals surface area contributed by atoms with Crippen LogP contribution in [0.25, 0.3) is 0 Å². The third-order valence-electron chi connectivity index (χ3n) is 2.58. The number of aromatic hydroxyl groups is 1. The predicted molar refractivity (Wildman–Crippen MR) is 67.9 cm³/mol. The summed E-state index contributed by atoms with van der Waals surface area (Å²) in [5.74, 6) is -1.41. The van der Waals surface area contributed by atoms with E-state index in [1.54, 1.807) is 18.2 Å². The molecule has 1 amide bonds. The fourth-order valence-electron chi connectivity index (χ4n) is 1.58. The first kappa shape index (κ1) is 15.0. The fraction of sp³-hybridized carbons (Fsp3) is 0.385. The Bertz CT molecular complexity index is 446. The molecule has 0 bridgehead atoms. The van der Waals surface area contributed by atoms with Gasteiger partial charge in [-0.1, -0.05) is 18.2 Å². The molecule has 104 valence electrons. The van der Waals surface area contributed by atoms with Crippen LogP contribution in [0.15, 0.2) is 24.3 Å². The molecule has 0 saturated heterocycles. The molecule has 0 spiro atoms. The second-order valence-electron chi connectivity index (χ2n) is 4.04. The number of carbonyl (C=O) groups excluding carboxylic acids is 1. The highest BCUT2D eigenvalue weighted by Crippen LogP contribution is 2.17. The molecule has 0 aromatic heterocycles. The summed E-state index contributed by atoms with van der Waals surface area (Å²) in [7, 11) is 1.37. The van der Waals surface area contributed by atoms with E-state index in [-0.39, 0.29) is 18.8 Å². The number of aryl methyl sites for hydroxylation is 1. The molecule has 3 N–H and O–H groups in total. The van der Waals surface area contributed by atoms with Gasteiger partial charge in [-0.25, -0.2) is 4.79 Å². The largest absolute Gasteiger partial charge is 0.508 e. The quantitative estimate of drug-likeness (QED) is 0.670. The summed E-state index contributed by atoms with van der Waals surface area (Å²) in [6, 6.07) is 5.66. The van der Waals surface area contributed by atoms with Crippen LogP contribution < -0.4 is 5.32 Å². The van der Waals surface area contributed by atoms with Gasteiger partial charge in [0.2, 0.25) is 5.91 Å². The van der Waals surface area contributed by atoms with E-state index in [0.29, 0.717) is 12.0 Å². The van der Waals surface area contributed by atoms with Crippen molar-refractivity contribution in [3.8, 4) is 5.75 Å². The van der Waals surface area contributed by atoms with Crippen molar-refractivity contribution < 1.29 is 24.5 Å². The first-order valence-electron chi connectivity index (χ1n) is 5.82. The van der Waals surface area contributed by atoms with E-state index in [4.69, 9.17) is 9.84 Å². The minimum absolute atomic E-state index is 0.0857. The molecule has 1 atom stereocenters. The summed E-state index contributed by atoms with van der Waals surface area (Å²) < 4.78 is 4.71. The molecular formula is C13H17NO5. The zero-order valence-electron chi connectivity index (χ0n) is 10.6. The van der Waals surface area contributed by atoms with E-state index < -0.39 is 17.9 Å². The molecule has 0 radical (unpaired) electrons. The molecule has 1 unspecified atom stereocenters. The van der Waals surface area contributed by atoms with Gasteiger partial charge in [0.05, 0.1) is 6.61 Å². The summed E-state index contributed by atoms with van der Waals surface area (Å²) in [5, 5.41) is 20.7. The molecule has 1 aromatic rings. The predicted octanol–water partition coefficient (Wildman–Crippen LogP) is 0.541. The summed E-state index contributed by atoms with van der Waals surface area (Å²) in [6.07, 6.45) is 0.447. The van der Waals surface area contributed by atoms with Crippen LogP contribution in [0.4, 0.5) is 0 Å². The van der Waals surface area contributed by atoms with E-state index in [0.717, 1.165) is 0 Å². The van der Waals surface area contributed by atoms with Gasteiger partial charge in [-0.2, -0.15) is 0 Å². The van der Waals surface area contributed by atoms with Crippen molar-refractivity contribution in [3.05, 3.63) is 29.8 Å². The topological polar surface area (TPSA) is 95.9 Å². The highest BCUT2D eigenvalue weighted by Gasteiger charge is 2.19. The zero-order valence-corrected chi connectivity index (χ0v) is 10.6. The molecule has 19 heavy (non-hydrogen) atoms. The minimum atomic E-state index is -1.14. The van der Waals surface area contributed by atoms with Gasteiger partial charge in [0.25, 0.3) is 0 Å². The SMILES string of the molecule is COCC(NC(=O)CCc1ccccc1O)C(=O)O. The number of nitrogens with one attached hydrogen (secondary N) is 1. The van der Waals surface area contributed by atoms with Crippen LogP contribution in [0.5, 0.6) is 5.75 Å². The summed E-state index contributed by atoms with van der Waals surface area (Å²) in [5.41, 5.74) is 0.649. The van der Waals surface area contributed by atoms with Gasteiger partial charge in [-0.3, -0.25) is 4.79 Å². The van der Waals surface area contributed by atoms with Crippen LogP contribution in [0.1, 0.15) is 12.0 Å². The Labute approximate surface area is 111 Å². The van der Waals surface area contributed by atoms with E-state index in [2.05, 4.69) is 5.32 Å². The van der Waals surface area contributed by atoms with Crippen molar-refractivity contribution in [1.82, 2.24) is 5.32 Å². The number of amides is 1. The van der Waals surface area contributed by atoms with Gasteiger partial charge < -0.3 is 20.3 Å². The smallest absolute Gasteiger partial charge is 0.328 e. The number of aliphatic carboxylic acids is 1. The van der Waals surface area contributed by atoms with Gasteiger partial charge in [0.15, 0.2) is 6.04 Å². The van der Waals surface area contributed by atoms with Crippen molar-refractivity contribution >= 4 is 11.9 Å². The number of hydrogen-bond donors (Lipinski definition) is 3. The standard InChI is InChI=1S/C13H17NO5/c1-19-8-10(13(17)18)14-12(16)7-6-9-4-2-3-5-11(9)15/h2-5,10,15H,6-8H2,1H3,(H,14,16)(H,17,18). The van der Waals surface area contributed by atoms with Crippen LogP contribution in [0.2, 0.25) is 0 Å². The van der Waals surface area contributed by atoms with E-state index in [9.17, 15) is 14.7 Å². The summed E-state index contributed by atoms with van der Waals surface area (Å²) in [6.45, 7) is -0.0857. The maximum atomic E-state index is 11.6. The Balaban J connectivity index is 2.47. The lowest BCUT2D eigenvalue weighted by molar-refractivity contribution is -0.143. The highest BCUT2D eigenvalue weighted by molar-refractivity contribution is 5.83. The average molecular weight is 267 g/mol. The molecule has 0 saturated carbocycles. The van der Waals surface area contributed by atoms with Crippen molar-refractivity contribution in [1.29, 1.82) is 0 Å². The Morgan fingerprint density at radius 3 is 2.63 bits per heavy atom. The number of para-hydroxylation sites is 1. The van der Waals surface area contributed by atoms with Gasteiger partial charge in [-0.05, 0) is 18.1 Å². The zero-order chi connectivity index (χ0) is 14.3. The molecule has 1 rings (SSSR count). The third-order valence-corrected chi connectivity index (χ3v) is 2.58. The second-order valence-corrected chi connectivity index (χ2v) is 4.04. The molecule has 6 nitrogen and oxygen atoms in total. The van der Waals surface area contributed by atoms with Gasteiger partial charge >= 0.3 is 5.97 Å². The van der Waals surface area contributed by atoms with E-state index >= 15 is 0 Å². The molecule has 0 fully saturated rings. The number of ether oxygens (including phenoxy) is 1. The molecule has 0 heterocycles. The maximum absolute atomic E-state index is 11.6. The third kappa shape index (κ3) is 4.97. The van der Waals surface area contributed by atoms with Crippen molar-refractivity contribution in [3.63, 3.8) is 0 Å². The second kappa shape index (κ2) is 7.38. The lowest BCUT2D eigenvalue weighted by Crippen LogP contribution is -2.43. The van der Waals surface area contributed by atoms with Crippen LogP contribution in [-0.2, 0) is 20.7 Å². The number of carbonyl (C=O) groups is 2. The number of hydrogen-bond acceptors (Lipinski definition) is 4. The van der Waals surface area contributed by atoms with E-state index in [1.165, 1.54) is 13.2 Å². The number of methoxy groups -OCH3 is 1. The van der Waals surface area contributed by atoms with Crippen LogP contribution >= 0.6 is 0 Å². The molecule has 1 aromatic carbocycles. The number of carboxylic acids is 1. The maximum Gasteiger partial charge on any atom is 0.328 e. The van der Waals surface area contributed by atoms with Crippen molar-refractivity contribution in [2.24, 2.45) is 0 Å². The Morgan fingerprint density at radius 1 is 1.37 bits per heavy atom. The van der Waals surface area contributed by atoms with Crippen LogP contribution in [0.3, 0.4) is 0 Å². The first-order valence-corrected chi connectivity index (χ1v) is 5.82. The lowest BCUT2D eigenvalue weighted by atomic mass is 10.1.